The minimum atomic E-state index is -0.00954. The lowest BCUT2D eigenvalue weighted by Gasteiger charge is -2.58. The van der Waals surface area contributed by atoms with E-state index in [1.54, 1.807) is 0 Å². The largest absolute Gasteiger partial charge is 0.469 e. The normalized spacial score (nSPS) is 46.0. The smallest absolute Gasteiger partial charge is 0.309 e. The number of fused-ring (bicyclic) bond motifs is 5. The molecule has 4 heteroatoms. The lowest BCUT2D eigenvalue weighted by Crippen LogP contribution is -2.54. The molecule has 0 radical (unpaired) electrons. The predicted octanol–water partition coefficient (Wildman–Crippen LogP) is 3.76. The van der Waals surface area contributed by atoms with Crippen molar-refractivity contribution in [3.63, 3.8) is 0 Å². The van der Waals surface area contributed by atoms with Crippen LogP contribution < -0.4 is 0 Å². The van der Waals surface area contributed by atoms with E-state index in [0.29, 0.717) is 24.2 Å². The van der Waals surface area contributed by atoms with Crippen LogP contribution in [0.25, 0.3) is 0 Å². The molecule has 1 saturated heterocycles. The number of ether oxygens (including phenoxy) is 1. The molecule has 4 rings (SSSR count). The molecular formula is C21H31NO3. The summed E-state index contributed by atoms with van der Waals surface area (Å²) in [7, 11) is 3.47. The fourth-order valence-electron chi connectivity index (χ4n) is 7.11. The number of likely N-dealkylation sites (tertiary alicyclic amines) is 1. The van der Waals surface area contributed by atoms with Gasteiger partial charge < -0.3 is 9.64 Å². The first-order chi connectivity index (χ1) is 11.8. The van der Waals surface area contributed by atoms with Gasteiger partial charge in [0.05, 0.1) is 13.0 Å². The number of carbonyl (C=O) groups is 2. The van der Waals surface area contributed by atoms with Gasteiger partial charge in [-0.25, -0.2) is 0 Å². The Morgan fingerprint density at radius 1 is 1.20 bits per heavy atom. The van der Waals surface area contributed by atoms with Crippen LogP contribution in [-0.2, 0) is 14.3 Å². The van der Waals surface area contributed by atoms with Gasteiger partial charge in [0.15, 0.2) is 0 Å². The maximum atomic E-state index is 12.3. The molecule has 0 aromatic rings. The van der Waals surface area contributed by atoms with E-state index in [1.165, 1.54) is 19.2 Å². The van der Waals surface area contributed by atoms with Crippen LogP contribution in [0.2, 0.25) is 0 Å². The van der Waals surface area contributed by atoms with E-state index < -0.39 is 0 Å². The summed E-state index contributed by atoms with van der Waals surface area (Å²) in [6.45, 7) is 4.72. The zero-order valence-corrected chi connectivity index (χ0v) is 16.0. The Bertz CT molecular complexity index is 641. The molecule has 1 aliphatic heterocycles. The number of hydrogen-bond donors (Lipinski definition) is 0. The second kappa shape index (κ2) is 5.59. The van der Waals surface area contributed by atoms with Crippen LogP contribution in [0.15, 0.2) is 11.8 Å². The van der Waals surface area contributed by atoms with Crippen LogP contribution >= 0.6 is 0 Å². The Balaban J connectivity index is 1.67. The second-order valence-electron chi connectivity index (χ2n) is 9.27. The quantitative estimate of drug-likeness (QED) is 0.680. The van der Waals surface area contributed by atoms with Crippen LogP contribution in [0, 0.1) is 34.5 Å². The Hall–Kier alpha value is -1.32. The molecule has 0 aromatic heterocycles. The molecule has 0 N–H and O–H groups in total. The van der Waals surface area contributed by atoms with Crippen LogP contribution in [0.1, 0.15) is 58.8 Å². The Morgan fingerprint density at radius 2 is 1.96 bits per heavy atom. The van der Waals surface area contributed by atoms with Crippen molar-refractivity contribution in [3.05, 3.63) is 11.8 Å². The van der Waals surface area contributed by atoms with Crippen molar-refractivity contribution in [2.24, 2.45) is 34.5 Å². The minimum Gasteiger partial charge on any atom is -0.469 e. The number of nitrogens with zero attached hydrogens (tertiary/aromatic N) is 1. The van der Waals surface area contributed by atoms with E-state index in [1.807, 2.05) is 11.9 Å². The van der Waals surface area contributed by atoms with Crippen molar-refractivity contribution in [3.8, 4) is 0 Å². The number of piperidine rings is 1. The molecule has 0 aromatic carbocycles. The molecule has 1 amide bonds. The number of esters is 1. The van der Waals surface area contributed by atoms with E-state index in [0.717, 1.165) is 32.1 Å². The topological polar surface area (TPSA) is 46.6 Å². The first kappa shape index (κ1) is 17.1. The van der Waals surface area contributed by atoms with E-state index in [2.05, 4.69) is 19.9 Å². The van der Waals surface area contributed by atoms with Gasteiger partial charge in [-0.15, -0.1) is 0 Å². The summed E-state index contributed by atoms with van der Waals surface area (Å²) < 4.78 is 5.12. The predicted molar refractivity (Wildman–Crippen MR) is 95.4 cm³/mol. The molecule has 2 saturated carbocycles. The highest BCUT2D eigenvalue weighted by molar-refractivity contribution is 5.79. The third-order valence-corrected chi connectivity index (χ3v) is 8.50. The van der Waals surface area contributed by atoms with Gasteiger partial charge in [0.2, 0.25) is 5.91 Å². The summed E-state index contributed by atoms with van der Waals surface area (Å²) >= 11 is 0. The van der Waals surface area contributed by atoms with Crippen molar-refractivity contribution in [1.29, 1.82) is 0 Å². The third-order valence-electron chi connectivity index (χ3n) is 8.50. The zero-order chi connectivity index (χ0) is 18.0. The van der Waals surface area contributed by atoms with Gasteiger partial charge in [-0.2, -0.15) is 0 Å². The highest BCUT2D eigenvalue weighted by atomic mass is 16.5. The first-order valence-electron chi connectivity index (χ1n) is 9.88. The lowest BCUT2D eigenvalue weighted by molar-refractivity contribution is -0.153. The van der Waals surface area contributed by atoms with Crippen molar-refractivity contribution in [2.45, 2.75) is 58.8 Å². The van der Waals surface area contributed by atoms with Crippen LogP contribution in [0.3, 0.4) is 0 Å². The second-order valence-corrected chi connectivity index (χ2v) is 9.27. The monoisotopic (exact) mass is 345 g/mol. The maximum Gasteiger partial charge on any atom is 0.309 e. The molecule has 4 aliphatic rings. The number of methoxy groups -OCH3 is 1. The van der Waals surface area contributed by atoms with Crippen molar-refractivity contribution >= 4 is 11.9 Å². The SMILES string of the molecule is COC(=O)[C@H]1CC[C@H]2C3CC=C4N(C)C(=O)CC[C@]4(C)C3CC[C@]12C. The van der Waals surface area contributed by atoms with Crippen LogP contribution in [0.5, 0.6) is 0 Å². The number of hydrogen-bond acceptors (Lipinski definition) is 3. The van der Waals surface area contributed by atoms with Crippen LogP contribution in [0.4, 0.5) is 0 Å². The van der Waals surface area contributed by atoms with Gasteiger partial charge in [0.1, 0.15) is 0 Å². The Kier molecular flexibility index (Phi) is 3.82. The number of carbonyl (C=O) groups excluding carboxylic acids is 2. The van der Waals surface area contributed by atoms with Crippen molar-refractivity contribution in [1.82, 2.24) is 4.90 Å². The van der Waals surface area contributed by atoms with E-state index >= 15 is 0 Å². The zero-order valence-electron chi connectivity index (χ0n) is 16.0. The molecule has 0 bridgehead atoms. The van der Waals surface area contributed by atoms with Crippen LogP contribution in [-0.4, -0.2) is 30.9 Å². The number of rotatable bonds is 1. The summed E-state index contributed by atoms with van der Waals surface area (Å²) in [6, 6.07) is 0. The summed E-state index contributed by atoms with van der Waals surface area (Å²) in [5.74, 6) is 2.20. The van der Waals surface area contributed by atoms with Gasteiger partial charge >= 0.3 is 5.97 Å². The van der Waals surface area contributed by atoms with Gasteiger partial charge in [-0.3, -0.25) is 9.59 Å². The molecule has 2 unspecified atom stereocenters. The Morgan fingerprint density at radius 3 is 2.68 bits per heavy atom. The molecule has 6 atom stereocenters. The average Bonchev–Trinajstić information content (AvgIpc) is 2.95. The fraction of sp³-hybridized carbons (Fsp3) is 0.810. The third kappa shape index (κ3) is 2.18. The summed E-state index contributed by atoms with van der Waals surface area (Å²) in [4.78, 5) is 26.4. The number of amides is 1. The minimum absolute atomic E-state index is 0.00954. The van der Waals surface area contributed by atoms with Crippen molar-refractivity contribution in [2.75, 3.05) is 14.2 Å². The molecule has 3 aliphatic carbocycles. The van der Waals surface area contributed by atoms with Crippen molar-refractivity contribution < 1.29 is 14.3 Å². The van der Waals surface area contributed by atoms with Gasteiger partial charge in [0, 0.05) is 24.6 Å². The summed E-state index contributed by atoms with van der Waals surface area (Å²) in [5.41, 5.74) is 1.47. The van der Waals surface area contributed by atoms with Gasteiger partial charge in [0.25, 0.3) is 0 Å². The van der Waals surface area contributed by atoms with E-state index in [-0.39, 0.29) is 28.6 Å². The van der Waals surface area contributed by atoms with E-state index in [9.17, 15) is 9.59 Å². The maximum absolute atomic E-state index is 12.3. The average molecular weight is 345 g/mol. The Labute approximate surface area is 151 Å². The lowest BCUT2D eigenvalue weighted by atomic mass is 9.49. The molecular weight excluding hydrogens is 314 g/mol. The first-order valence-corrected chi connectivity index (χ1v) is 9.88. The fourth-order valence-corrected chi connectivity index (χ4v) is 7.11. The van der Waals surface area contributed by atoms with Gasteiger partial charge in [-0.05, 0) is 61.7 Å². The highest BCUT2D eigenvalue weighted by Gasteiger charge is 2.60. The summed E-state index contributed by atoms with van der Waals surface area (Å²) in [5, 5.41) is 0. The molecule has 0 spiro atoms. The summed E-state index contributed by atoms with van der Waals surface area (Å²) in [6.07, 6.45) is 9.44. The standard InChI is InChI=1S/C21H31NO3/c1-20-11-9-15-13(14(20)6-7-16(20)19(24)25-4)5-8-17-21(15,2)12-10-18(23)22(17)3/h8,13-16H,5-7,9-12H2,1-4H3/t13?,14-,15?,16+,20-,21+/m0/s1. The van der Waals surface area contributed by atoms with E-state index in [4.69, 9.17) is 4.74 Å². The molecule has 3 fully saturated rings. The molecule has 1 heterocycles. The molecule has 4 nitrogen and oxygen atoms in total. The highest BCUT2D eigenvalue weighted by Crippen LogP contribution is 2.65. The van der Waals surface area contributed by atoms with Gasteiger partial charge in [-0.1, -0.05) is 19.9 Å². The number of allylic oxidation sites excluding steroid dienone is 2. The molecule has 138 valence electrons. The molecule has 25 heavy (non-hydrogen) atoms.